The standard InChI is InChI=1S/C14H12FN3S/c15-10-3-5-11(6-4-10)17-18-13-7-9-19-14-12(13)2-1-8-16-14/h1-6,8,17H,7,9H2/b18-13-. The minimum absolute atomic E-state index is 0.248. The van der Waals surface area contributed by atoms with Crippen molar-refractivity contribution in [1.82, 2.24) is 4.98 Å². The molecule has 2 aromatic rings. The van der Waals surface area contributed by atoms with E-state index in [-0.39, 0.29) is 5.82 Å². The zero-order valence-electron chi connectivity index (χ0n) is 10.1. The molecular weight excluding hydrogens is 261 g/mol. The van der Waals surface area contributed by atoms with Crippen molar-refractivity contribution in [2.75, 3.05) is 11.2 Å². The van der Waals surface area contributed by atoms with Crippen LogP contribution in [-0.2, 0) is 0 Å². The molecule has 1 aliphatic heterocycles. The van der Waals surface area contributed by atoms with Gasteiger partial charge in [0.1, 0.15) is 10.8 Å². The van der Waals surface area contributed by atoms with E-state index >= 15 is 0 Å². The normalized spacial score (nSPS) is 16.2. The molecule has 5 heteroatoms. The lowest BCUT2D eigenvalue weighted by molar-refractivity contribution is 0.628. The maximum absolute atomic E-state index is 12.8. The van der Waals surface area contributed by atoms with Gasteiger partial charge in [0.2, 0.25) is 0 Å². The molecule has 0 aliphatic carbocycles. The smallest absolute Gasteiger partial charge is 0.123 e. The summed E-state index contributed by atoms with van der Waals surface area (Å²) < 4.78 is 12.8. The van der Waals surface area contributed by atoms with E-state index in [0.717, 1.165) is 34.2 Å². The van der Waals surface area contributed by atoms with Crippen LogP contribution in [0.4, 0.5) is 10.1 Å². The second kappa shape index (κ2) is 5.40. The van der Waals surface area contributed by atoms with Crippen LogP contribution in [0.3, 0.4) is 0 Å². The van der Waals surface area contributed by atoms with Gasteiger partial charge < -0.3 is 0 Å². The minimum atomic E-state index is -0.248. The number of thioether (sulfide) groups is 1. The highest BCUT2D eigenvalue weighted by atomic mass is 32.2. The third-order valence-corrected chi connectivity index (χ3v) is 3.83. The van der Waals surface area contributed by atoms with Crippen LogP contribution in [0.25, 0.3) is 0 Å². The van der Waals surface area contributed by atoms with E-state index in [1.807, 2.05) is 12.1 Å². The van der Waals surface area contributed by atoms with Crippen molar-refractivity contribution < 1.29 is 4.39 Å². The molecule has 1 aromatic heterocycles. The fourth-order valence-electron chi connectivity index (χ4n) is 1.88. The molecule has 1 aliphatic rings. The van der Waals surface area contributed by atoms with Gasteiger partial charge in [-0.15, -0.1) is 11.8 Å². The number of anilines is 1. The summed E-state index contributed by atoms with van der Waals surface area (Å²) in [5.41, 5.74) is 5.81. The minimum Gasteiger partial charge on any atom is -0.278 e. The molecule has 0 fully saturated rings. The van der Waals surface area contributed by atoms with Crippen LogP contribution in [0.2, 0.25) is 0 Å². The summed E-state index contributed by atoms with van der Waals surface area (Å²) in [6.45, 7) is 0. The van der Waals surface area contributed by atoms with Gasteiger partial charge in [0.25, 0.3) is 0 Å². The lowest BCUT2D eigenvalue weighted by Gasteiger charge is -2.16. The van der Waals surface area contributed by atoms with Gasteiger partial charge in [-0.05, 0) is 36.4 Å². The molecule has 0 amide bonds. The van der Waals surface area contributed by atoms with Crippen LogP contribution in [0.5, 0.6) is 0 Å². The summed E-state index contributed by atoms with van der Waals surface area (Å²) in [5.74, 6) is 0.732. The molecule has 0 atom stereocenters. The van der Waals surface area contributed by atoms with Gasteiger partial charge >= 0.3 is 0 Å². The second-order valence-corrected chi connectivity index (χ2v) is 5.22. The van der Waals surface area contributed by atoms with Crippen molar-refractivity contribution in [1.29, 1.82) is 0 Å². The van der Waals surface area contributed by atoms with Crippen LogP contribution in [-0.4, -0.2) is 16.4 Å². The Balaban J connectivity index is 1.83. The zero-order valence-corrected chi connectivity index (χ0v) is 11.0. The molecular formula is C14H12FN3S. The molecule has 0 spiro atoms. The number of pyridine rings is 1. The quantitative estimate of drug-likeness (QED) is 0.850. The van der Waals surface area contributed by atoms with Crippen molar-refractivity contribution in [3.63, 3.8) is 0 Å². The summed E-state index contributed by atoms with van der Waals surface area (Å²) in [4.78, 5) is 4.34. The number of benzene rings is 1. The Hall–Kier alpha value is -1.88. The highest BCUT2D eigenvalue weighted by Crippen LogP contribution is 2.27. The summed E-state index contributed by atoms with van der Waals surface area (Å²) in [6, 6.07) is 10.1. The fraction of sp³-hybridized carbons (Fsp3) is 0.143. The van der Waals surface area contributed by atoms with Crippen molar-refractivity contribution in [2.45, 2.75) is 11.4 Å². The number of hydrogen-bond donors (Lipinski definition) is 1. The summed E-state index contributed by atoms with van der Waals surface area (Å²) in [6.07, 6.45) is 2.69. The topological polar surface area (TPSA) is 37.3 Å². The van der Waals surface area contributed by atoms with Gasteiger partial charge in [-0.1, -0.05) is 0 Å². The van der Waals surface area contributed by atoms with Gasteiger partial charge in [0, 0.05) is 23.9 Å². The Labute approximate surface area is 115 Å². The number of rotatable bonds is 2. The van der Waals surface area contributed by atoms with Crippen molar-refractivity contribution in [2.24, 2.45) is 5.10 Å². The molecule has 1 aromatic carbocycles. The van der Waals surface area contributed by atoms with E-state index in [4.69, 9.17) is 0 Å². The third kappa shape index (κ3) is 2.76. The Morgan fingerprint density at radius 1 is 1.21 bits per heavy atom. The summed E-state index contributed by atoms with van der Waals surface area (Å²) >= 11 is 1.75. The number of hydrazone groups is 1. The molecule has 3 rings (SSSR count). The number of aromatic nitrogens is 1. The van der Waals surface area contributed by atoms with E-state index in [9.17, 15) is 4.39 Å². The largest absolute Gasteiger partial charge is 0.278 e. The predicted molar refractivity (Wildman–Crippen MR) is 76.1 cm³/mol. The van der Waals surface area contributed by atoms with E-state index < -0.39 is 0 Å². The number of nitrogens with one attached hydrogen (secondary N) is 1. The van der Waals surface area contributed by atoms with Gasteiger partial charge in [-0.2, -0.15) is 5.10 Å². The Kier molecular flexibility index (Phi) is 3.46. The maximum atomic E-state index is 12.8. The lowest BCUT2D eigenvalue weighted by Crippen LogP contribution is -2.12. The molecule has 19 heavy (non-hydrogen) atoms. The Morgan fingerprint density at radius 3 is 2.89 bits per heavy atom. The molecule has 96 valence electrons. The Bertz CT molecular complexity index is 610. The van der Waals surface area contributed by atoms with E-state index in [1.165, 1.54) is 12.1 Å². The molecule has 0 radical (unpaired) electrons. The van der Waals surface area contributed by atoms with Gasteiger partial charge in [0.05, 0.1) is 11.4 Å². The molecule has 0 bridgehead atoms. The van der Waals surface area contributed by atoms with E-state index in [2.05, 4.69) is 15.5 Å². The Morgan fingerprint density at radius 2 is 2.05 bits per heavy atom. The molecule has 1 N–H and O–H groups in total. The fourth-order valence-corrected chi connectivity index (χ4v) is 2.84. The molecule has 0 saturated carbocycles. The summed E-state index contributed by atoms with van der Waals surface area (Å²) in [5, 5.41) is 5.44. The van der Waals surface area contributed by atoms with Crippen LogP contribution in [0.1, 0.15) is 12.0 Å². The van der Waals surface area contributed by atoms with E-state index in [1.54, 1.807) is 30.1 Å². The molecule has 2 heterocycles. The van der Waals surface area contributed by atoms with Crippen molar-refractivity contribution >= 4 is 23.2 Å². The predicted octanol–water partition coefficient (Wildman–Crippen LogP) is 3.53. The lowest BCUT2D eigenvalue weighted by atomic mass is 10.1. The van der Waals surface area contributed by atoms with Crippen LogP contribution in [0.15, 0.2) is 52.7 Å². The highest BCUT2D eigenvalue weighted by Gasteiger charge is 2.16. The van der Waals surface area contributed by atoms with Crippen molar-refractivity contribution in [3.05, 3.63) is 54.0 Å². The van der Waals surface area contributed by atoms with Crippen LogP contribution >= 0.6 is 11.8 Å². The first-order valence-corrected chi connectivity index (χ1v) is 6.98. The molecule has 0 unspecified atom stereocenters. The monoisotopic (exact) mass is 273 g/mol. The first kappa shape index (κ1) is 12.2. The second-order valence-electron chi connectivity index (χ2n) is 4.13. The van der Waals surface area contributed by atoms with Crippen molar-refractivity contribution in [3.8, 4) is 0 Å². The number of fused-ring (bicyclic) bond motifs is 1. The average molecular weight is 273 g/mol. The maximum Gasteiger partial charge on any atom is 0.123 e. The van der Waals surface area contributed by atoms with Crippen LogP contribution in [0, 0.1) is 5.82 Å². The van der Waals surface area contributed by atoms with Gasteiger partial charge in [-0.25, -0.2) is 9.37 Å². The van der Waals surface area contributed by atoms with Crippen LogP contribution < -0.4 is 5.43 Å². The van der Waals surface area contributed by atoms with E-state index in [0.29, 0.717) is 0 Å². The SMILES string of the molecule is Fc1ccc(N/N=C2/CCSc3ncccc32)cc1. The number of nitrogens with zero attached hydrogens (tertiary/aromatic N) is 2. The highest BCUT2D eigenvalue weighted by molar-refractivity contribution is 7.99. The first-order chi connectivity index (χ1) is 9.33. The number of hydrogen-bond acceptors (Lipinski definition) is 4. The average Bonchev–Trinajstić information content (AvgIpc) is 2.47. The zero-order chi connectivity index (χ0) is 13.1. The number of halogens is 1. The first-order valence-electron chi connectivity index (χ1n) is 5.99. The third-order valence-electron chi connectivity index (χ3n) is 2.82. The summed E-state index contributed by atoms with van der Waals surface area (Å²) in [7, 11) is 0. The molecule has 0 saturated heterocycles. The molecule has 3 nitrogen and oxygen atoms in total. The van der Waals surface area contributed by atoms with Gasteiger partial charge in [0.15, 0.2) is 0 Å². The van der Waals surface area contributed by atoms with Gasteiger partial charge in [-0.3, -0.25) is 5.43 Å².